The van der Waals surface area contributed by atoms with Crippen molar-refractivity contribution in [1.29, 1.82) is 0 Å². The number of carbonyl (C=O) groups is 4. The van der Waals surface area contributed by atoms with Crippen molar-refractivity contribution in [2.45, 2.75) is 71.1 Å². The topological polar surface area (TPSA) is 172 Å². The molecule has 0 bridgehead atoms. The molecule has 79 heavy (non-hydrogen) atoms. The summed E-state index contributed by atoms with van der Waals surface area (Å²) in [5.74, 6) is 1.25. The molecule has 2 amide bonds. The van der Waals surface area contributed by atoms with Crippen LogP contribution in [0.2, 0.25) is 0 Å². The second-order valence-electron chi connectivity index (χ2n) is 20.1. The maximum absolute atomic E-state index is 12.3. The molecule has 3 aliphatic heterocycles. The molecule has 0 aliphatic carbocycles. The number of furan rings is 3. The van der Waals surface area contributed by atoms with E-state index in [1.165, 1.54) is 51.9 Å². The zero-order chi connectivity index (χ0) is 54.7. The van der Waals surface area contributed by atoms with E-state index in [1.54, 1.807) is 25.7 Å². The minimum absolute atomic E-state index is 0.208. The highest BCUT2D eigenvalue weighted by molar-refractivity contribution is 9.09. The van der Waals surface area contributed by atoms with Crippen LogP contribution in [0.4, 0.5) is 0 Å². The van der Waals surface area contributed by atoms with E-state index in [1.807, 2.05) is 79.7 Å². The number of likely N-dealkylation sites (tertiary alicyclic amines) is 2. The number of alkyl halides is 1. The van der Waals surface area contributed by atoms with Gasteiger partial charge in [-0.15, -0.1) is 0 Å². The molecular formula is C63H66BrN3O12. The van der Waals surface area contributed by atoms with E-state index in [-0.39, 0.29) is 42.5 Å². The predicted octanol–water partition coefficient (Wildman–Crippen LogP) is 12.2. The van der Waals surface area contributed by atoms with E-state index < -0.39 is 0 Å². The predicted molar refractivity (Wildman–Crippen MR) is 309 cm³/mol. The number of fused-ring (bicyclic) bond motifs is 6. The van der Waals surface area contributed by atoms with Crippen molar-refractivity contribution in [1.82, 2.24) is 15.1 Å². The van der Waals surface area contributed by atoms with Crippen LogP contribution in [0.1, 0.15) is 75.0 Å². The van der Waals surface area contributed by atoms with Gasteiger partial charge in [-0.2, -0.15) is 0 Å². The summed E-state index contributed by atoms with van der Waals surface area (Å²) in [7, 11) is 0. The van der Waals surface area contributed by atoms with Crippen molar-refractivity contribution in [2.24, 2.45) is 0 Å². The average molecular weight is 1140 g/mol. The Labute approximate surface area is 466 Å². The lowest BCUT2D eigenvalue weighted by Crippen LogP contribution is -2.39. The van der Waals surface area contributed by atoms with Crippen LogP contribution in [0.3, 0.4) is 0 Å². The van der Waals surface area contributed by atoms with Crippen LogP contribution < -0.4 is 19.5 Å². The second-order valence-corrected chi connectivity index (χ2v) is 20.9. The molecule has 3 saturated heterocycles. The van der Waals surface area contributed by atoms with Crippen LogP contribution in [0.15, 0.2) is 123 Å². The molecule has 1 atom stereocenters. The third kappa shape index (κ3) is 13.7. The molecular weight excluding hydrogens is 1070 g/mol. The highest BCUT2D eigenvalue weighted by atomic mass is 79.9. The SMILES string of the molecule is CCOC(=O)Cc1coc2cc3ccc(OCCBr)cc3cc12.CCOC(=O)Cc1coc2cc3ccc(OCCN4CCCC4)cc3cc12.O=C1CCC(c2coc3cc4ccc(OCCN5CCCC5)cc4cc23)C(=O)N1. The first-order valence-corrected chi connectivity index (χ1v) is 28.6. The Morgan fingerprint density at radius 2 is 0.987 bits per heavy atom. The number of carbonyl (C=O) groups excluding carboxylic acids is 4. The summed E-state index contributed by atoms with van der Waals surface area (Å²) in [6, 6.07) is 30.3. The first-order valence-electron chi connectivity index (χ1n) is 27.5. The monoisotopic (exact) mass is 1140 g/mol. The Morgan fingerprint density at radius 3 is 1.43 bits per heavy atom. The summed E-state index contributed by atoms with van der Waals surface area (Å²) in [4.78, 5) is 52.1. The van der Waals surface area contributed by atoms with Gasteiger partial charge in [0.15, 0.2) is 0 Å². The fourth-order valence-electron chi connectivity index (χ4n) is 10.7. The van der Waals surface area contributed by atoms with Gasteiger partial charge in [-0.1, -0.05) is 34.1 Å². The van der Waals surface area contributed by atoms with Gasteiger partial charge >= 0.3 is 11.9 Å². The van der Waals surface area contributed by atoms with E-state index in [0.717, 1.165) is 118 Å². The summed E-state index contributed by atoms with van der Waals surface area (Å²) in [6.45, 7) is 13.0. The second kappa shape index (κ2) is 26.0. The van der Waals surface area contributed by atoms with Crippen LogP contribution in [0, 0.1) is 0 Å². The number of piperidine rings is 1. The molecule has 1 N–H and O–H groups in total. The molecule has 12 rings (SSSR count). The van der Waals surface area contributed by atoms with E-state index >= 15 is 0 Å². The maximum Gasteiger partial charge on any atom is 0.310 e. The summed E-state index contributed by atoms with van der Waals surface area (Å²) < 4.78 is 44.6. The number of ether oxygens (including phenoxy) is 5. The third-order valence-corrected chi connectivity index (χ3v) is 15.0. The summed E-state index contributed by atoms with van der Waals surface area (Å²) in [6.07, 6.45) is 11.4. The molecule has 6 aromatic carbocycles. The van der Waals surface area contributed by atoms with Gasteiger partial charge in [-0.25, -0.2) is 0 Å². The number of amides is 2. The maximum atomic E-state index is 12.3. The third-order valence-electron chi connectivity index (χ3n) is 14.7. The van der Waals surface area contributed by atoms with Gasteiger partial charge in [-0.05, 0) is 177 Å². The molecule has 15 nitrogen and oxygen atoms in total. The molecule has 0 spiro atoms. The van der Waals surface area contributed by atoms with Gasteiger partial charge in [-0.3, -0.25) is 34.3 Å². The Kier molecular flexibility index (Phi) is 18.1. The first-order chi connectivity index (χ1) is 38.6. The largest absolute Gasteiger partial charge is 0.493 e. The Hall–Kier alpha value is -7.40. The van der Waals surface area contributed by atoms with Crippen molar-refractivity contribution >= 4 is 105 Å². The number of benzene rings is 6. The summed E-state index contributed by atoms with van der Waals surface area (Å²) >= 11 is 3.35. The molecule has 0 radical (unpaired) electrons. The zero-order valence-corrected chi connectivity index (χ0v) is 46.4. The van der Waals surface area contributed by atoms with Crippen molar-refractivity contribution < 1.29 is 56.1 Å². The molecule has 16 heteroatoms. The molecule has 6 heterocycles. The number of nitrogens with zero attached hydrogens (tertiary/aromatic N) is 2. The van der Waals surface area contributed by atoms with E-state index in [2.05, 4.69) is 49.2 Å². The quantitative estimate of drug-likeness (QED) is 0.0488. The number of esters is 2. The Morgan fingerprint density at radius 1 is 0.557 bits per heavy atom. The van der Waals surface area contributed by atoms with E-state index in [0.29, 0.717) is 45.9 Å². The zero-order valence-electron chi connectivity index (χ0n) is 44.8. The van der Waals surface area contributed by atoms with Gasteiger partial charge in [0.25, 0.3) is 0 Å². The van der Waals surface area contributed by atoms with Gasteiger partial charge in [0.05, 0.1) is 57.4 Å². The molecule has 3 aliphatic rings. The number of nitrogens with one attached hydrogen (secondary N) is 1. The minimum Gasteiger partial charge on any atom is -0.493 e. The number of imide groups is 1. The molecule has 1 unspecified atom stereocenters. The van der Waals surface area contributed by atoms with Crippen LogP contribution in [-0.2, 0) is 41.5 Å². The molecule has 412 valence electrons. The van der Waals surface area contributed by atoms with Crippen LogP contribution in [0.25, 0.3) is 65.2 Å². The van der Waals surface area contributed by atoms with Crippen LogP contribution in [0.5, 0.6) is 17.2 Å². The average Bonchev–Trinajstić information content (AvgIpc) is 4.51. The van der Waals surface area contributed by atoms with Gasteiger partial charge in [0.1, 0.15) is 47.2 Å². The minimum atomic E-state index is -0.355. The molecule has 9 aromatic rings. The highest BCUT2D eigenvalue weighted by Gasteiger charge is 2.30. The Bertz CT molecular complexity index is 3610. The van der Waals surface area contributed by atoms with Crippen molar-refractivity contribution in [3.63, 3.8) is 0 Å². The van der Waals surface area contributed by atoms with Gasteiger partial charge < -0.3 is 36.9 Å². The van der Waals surface area contributed by atoms with Crippen molar-refractivity contribution in [2.75, 3.05) is 77.6 Å². The lowest BCUT2D eigenvalue weighted by Gasteiger charge is -2.19. The lowest BCUT2D eigenvalue weighted by atomic mass is 9.90. The van der Waals surface area contributed by atoms with E-state index in [4.69, 9.17) is 36.9 Å². The summed E-state index contributed by atoms with van der Waals surface area (Å²) in [5, 5.41) is 12.4. The molecule has 0 saturated carbocycles. The molecule has 3 fully saturated rings. The number of hydrogen-bond donors (Lipinski definition) is 1. The fraction of sp³-hybridized carbons (Fsp3) is 0.365. The van der Waals surface area contributed by atoms with Gasteiger partial charge in [0.2, 0.25) is 11.8 Å². The number of hydrogen-bond acceptors (Lipinski definition) is 14. The normalized spacial score (nSPS) is 15.8. The summed E-state index contributed by atoms with van der Waals surface area (Å²) in [5.41, 5.74) is 4.83. The number of rotatable bonds is 18. The van der Waals surface area contributed by atoms with Crippen LogP contribution in [-0.4, -0.2) is 111 Å². The molecule has 3 aromatic heterocycles. The van der Waals surface area contributed by atoms with Crippen LogP contribution >= 0.6 is 15.9 Å². The number of halogens is 1. The smallest absolute Gasteiger partial charge is 0.310 e. The van der Waals surface area contributed by atoms with E-state index in [9.17, 15) is 19.2 Å². The first kappa shape index (κ1) is 54.9. The van der Waals surface area contributed by atoms with Crippen molar-refractivity contribution in [3.8, 4) is 17.2 Å². The Balaban J connectivity index is 0.000000135. The lowest BCUT2D eigenvalue weighted by molar-refractivity contribution is -0.143. The standard InChI is InChI=1S/C23H24N2O4.C22H25NO4.C18H17BrO4/c26-22-6-5-18(23(27)24-22)20-14-29-21-13-15-3-4-17(11-16(15)12-19(20)21)28-10-9-25-7-1-2-8-25;1-2-25-22(24)14-18-15-27-21-13-16-5-6-19(11-17(16)12-20(18)21)26-10-9-23-7-3-4-8-23;1-2-21-18(20)10-14-11-23-17-9-12-3-4-15(22-6-5-19)7-13(12)8-16(14)17/h3-4,11-14,18H,1-2,5-10H2,(H,24,26,27);5-6,11-13,15H,2-4,7-10,14H2,1H3;3-4,7-9,11H,2,5-6,10H2,1H3. The highest BCUT2D eigenvalue weighted by Crippen LogP contribution is 2.36. The van der Waals surface area contributed by atoms with Crippen molar-refractivity contribution in [3.05, 3.63) is 126 Å². The van der Waals surface area contributed by atoms with Gasteiger partial charge in [0, 0.05) is 57.7 Å². The fourth-order valence-corrected chi connectivity index (χ4v) is 10.8.